The van der Waals surface area contributed by atoms with Gasteiger partial charge in [0.15, 0.2) is 23.7 Å². The maximum atomic E-state index is 11.6. The van der Waals surface area contributed by atoms with E-state index >= 15 is 0 Å². The summed E-state index contributed by atoms with van der Waals surface area (Å²) >= 11 is -2.28. The smallest absolute Gasteiger partial charge is 0.691 e. The second-order valence-corrected chi connectivity index (χ2v) is 7.62. The molecular formula is C14H22Na2O14S. The summed E-state index contributed by atoms with van der Waals surface area (Å²) in [7, 11) is 1.24. The molecular weight excluding hydrogens is 470 g/mol. The van der Waals surface area contributed by atoms with Crippen molar-refractivity contribution in [2.24, 2.45) is 5.92 Å². The van der Waals surface area contributed by atoms with E-state index in [1.165, 1.54) is 14.0 Å². The Labute approximate surface area is 223 Å². The molecule has 170 valence electrons. The van der Waals surface area contributed by atoms with Gasteiger partial charge < -0.3 is 54.5 Å². The van der Waals surface area contributed by atoms with Gasteiger partial charge in [0.05, 0.1) is 17.8 Å². The molecule has 2 rings (SSSR count). The molecule has 31 heavy (non-hydrogen) atoms. The quantitative estimate of drug-likeness (QED) is 0.141. The van der Waals surface area contributed by atoms with E-state index in [9.17, 15) is 39.8 Å². The van der Waals surface area contributed by atoms with Crippen LogP contribution in [0.15, 0.2) is 0 Å². The van der Waals surface area contributed by atoms with Gasteiger partial charge in [-0.3, -0.25) is 5.04 Å². The minimum atomic E-state index is -2.28. The predicted molar refractivity (Wildman–Crippen MR) is 82.6 cm³/mol. The van der Waals surface area contributed by atoms with Crippen LogP contribution in [-0.2, 0) is 44.2 Å². The van der Waals surface area contributed by atoms with E-state index in [0.29, 0.717) is 0 Å². The standard InChI is InChI=1S/C14H24O14S.2Na/c1-4-6(15)9(23-2)5(3-29(22)28-27-21)24-14(4)26-10-7(16)8(17)13(20)25-11(10)12(18)19;;/h4-11,13-17,20-21H,3H2,1-2H3,(H,18,19);;/q;2*+1/p-2. The van der Waals surface area contributed by atoms with E-state index in [2.05, 4.69) is 9.37 Å². The summed E-state index contributed by atoms with van der Waals surface area (Å²) < 4.78 is 36.4. The Morgan fingerprint density at radius 2 is 1.68 bits per heavy atom. The van der Waals surface area contributed by atoms with E-state index in [0.717, 1.165) is 0 Å². The van der Waals surface area contributed by atoms with Crippen molar-refractivity contribution in [1.29, 1.82) is 0 Å². The summed E-state index contributed by atoms with van der Waals surface area (Å²) in [4.78, 5) is 11.3. The molecule has 0 saturated carbocycles. The van der Waals surface area contributed by atoms with Crippen molar-refractivity contribution in [3.8, 4) is 0 Å². The first kappa shape index (κ1) is 32.2. The van der Waals surface area contributed by atoms with Crippen molar-refractivity contribution in [2.45, 2.75) is 62.2 Å². The number of hydrogen-bond donors (Lipinski definition) is 4. The van der Waals surface area contributed by atoms with Gasteiger partial charge in [-0.1, -0.05) is 6.92 Å². The van der Waals surface area contributed by atoms with Crippen LogP contribution in [0.2, 0.25) is 0 Å². The van der Waals surface area contributed by atoms with Crippen LogP contribution >= 0.6 is 0 Å². The molecule has 11 atom stereocenters. The molecule has 11 unspecified atom stereocenters. The van der Waals surface area contributed by atoms with Crippen molar-refractivity contribution >= 4 is 17.0 Å². The monoisotopic (exact) mass is 492 g/mol. The topological polar surface area (TPSA) is 217 Å². The number of ether oxygens (including phenoxy) is 4. The minimum Gasteiger partial charge on any atom is -0.691 e. The van der Waals surface area contributed by atoms with Gasteiger partial charge >= 0.3 is 59.1 Å². The molecule has 0 aliphatic carbocycles. The third kappa shape index (κ3) is 7.84. The Morgan fingerprint density at radius 1 is 1.06 bits per heavy atom. The Hall–Kier alpha value is 1.18. The molecule has 0 radical (unpaired) electrons. The van der Waals surface area contributed by atoms with Gasteiger partial charge in [-0.2, -0.15) is 0 Å². The minimum absolute atomic E-state index is 0. The zero-order chi connectivity index (χ0) is 21.9. The molecule has 2 aliphatic heterocycles. The molecule has 0 aromatic rings. The number of hydrogen-bond acceptors (Lipinski definition) is 14. The zero-order valence-corrected chi connectivity index (χ0v) is 22.1. The maximum Gasteiger partial charge on any atom is 1.00 e. The van der Waals surface area contributed by atoms with Crippen LogP contribution in [0.3, 0.4) is 0 Å². The van der Waals surface area contributed by atoms with Gasteiger partial charge in [-0.25, -0.2) is 4.21 Å². The third-order valence-corrected chi connectivity index (χ3v) is 5.55. The fourth-order valence-corrected chi connectivity index (χ4v) is 3.83. The molecule has 2 heterocycles. The molecule has 2 aliphatic rings. The van der Waals surface area contributed by atoms with Crippen LogP contribution in [0.4, 0.5) is 0 Å². The Balaban J connectivity index is 0.00000450. The van der Waals surface area contributed by atoms with Gasteiger partial charge in [0.25, 0.3) is 0 Å². The van der Waals surface area contributed by atoms with E-state index in [-0.39, 0.29) is 59.1 Å². The average molecular weight is 492 g/mol. The first-order valence-electron chi connectivity index (χ1n) is 8.40. The van der Waals surface area contributed by atoms with Gasteiger partial charge in [-0.15, -0.1) is 4.33 Å². The molecule has 0 bridgehead atoms. The summed E-state index contributed by atoms with van der Waals surface area (Å²) in [6.07, 6.45) is -14.4. The van der Waals surface area contributed by atoms with Gasteiger partial charge in [0.1, 0.15) is 36.6 Å². The second-order valence-electron chi connectivity index (χ2n) is 6.55. The maximum absolute atomic E-state index is 11.6. The van der Waals surface area contributed by atoms with Crippen LogP contribution in [0, 0.1) is 5.92 Å². The van der Waals surface area contributed by atoms with E-state index < -0.39 is 84.0 Å². The molecule has 17 heteroatoms. The van der Waals surface area contributed by atoms with Crippen molar-refractivity contribution in [1.82, 2.24) is 0 Å². The first-order valence-corrected chi connectivity index (χ1v) is 9.64. The molecule has 0 aromatic carbocycles. The van der Waals surface area contributed by atoms with Gasteiger partial charge in [-0.05, 0) is 0 Å². The molecule has 2 saturated heterocycles. The van der Waals surface area contributed by atoms with Crippen molar-refractivity contribution in [3.05, 3.63) is 0 Å². The number of aliphatic hydroxyl groups is 4. The molecule has 4 N–H and O–H groups in total. The van der Waals surface area contributed by atoms with E-state index in [1.54, 1.807) is 0 Å². The normalized spacial score (nSPS) is 41.5. The van der Waals surface area contributed by atoms with Crippen LogP contribution < -0.4 is 69.5 Å². The van der Waals surface area contributed by atoms with Crippen molar-refractivity contribution in [3.63, 3.8) is 0 Å². The van der Waals surface area contributed by atoms with E-state index in [1.807, 2.05) is 0 Å². The molecule has 2 fully saturated rings. The number of carboxylic acids is 1. The Bertz CT molecular complexity index is 587. The van der Waals surface area contributed by atoms with Crippen LogP contribution in [0.25, 0.3) is 0 Å². The molecule has 14 nitrogen and oxygen atoms in total. The number of carbonyl (C=O) groups is 1. The molecule has 0 aromatic heterocycles. The summed E-state index contributed by atoms with van der Waals surface area (Å²) in [5.74, 6) is -3.18. The molecule has 0 amide bonds. The number of aliphatic carboxylic acids is 1. The zero-order valence-electron chi connectivity index (χ0n) is 17.3. The number of methoxy groups -OCH3 is 1. The second kappa shape index (κ2) is 14.6. The van der Waals surface area contributed by atoms with Crippen LogP contribution in [0.5, 0.6) is 0 Å². The molecule has 0 spiro atoms. The van der Waals surface area contributed by atoms with Crippen molar-refractivity contribution in [2.75, 3.05) is 12.9 Å². The fourth-order valence-electron chi connectivity index (χ4n) is 3.17. The summed E-state index contributed by atoms with van der Waals surface area (Å²) in [5, 5.41) is 64.1. The largest absolute Gasteiger partial charge is 1.00 e. The summed E-state index contributed by atoms with van der Waals surface area (Å²) in [5.41, 5.74) is 0. The number of carboxylic acid groups (broad SMARTS) is 1. The number of carbonyl (C=O) groups excluding carboxylic acids is 1. The number of aliphatic hydroxyl groups excluding tert-OH is 4. The fraction of sp³-hybridized carbons (Fsp3) is 0.929. The Morgan fingerprint density at radius 3 is 2.19 bits per heavy atom. The third-order valence-electron chi connectivity index (χ3n) is 4.74. The first-order chi connectivity index (χ1) is 13.6. The van der Waals surface area contributed by atoms with E-state index in [4.69, 9.17) is 18.9 Å². The van der Waals surface area contributed by atoms with Gasteiger partial charge in [0, 0.05) is 13.0 Å². The SMILES string of the molecule is COC1C(CS(=O)OO[O-])OC(OC2C(C(=O)[O-])OC(O)C(O)C2O)C(C)C1O.[Na+].[Na+]. The Kier molecular flexibility index (Phi) is 15.1. The average Bonchev–Trinajstić information content (AvgIpc) is 2.66. The van der Waals surface area contributed by atoms with Crippen molar-refractivity contribution < 1.29 is 127 Å². The summed E-state index contributed by atoms with van der Waals surface area (Å²) in [6, 6.07) is 0. The summed E-state index contributed by atoms with van der Waals surface area (Å²) in [6.45, 7) is 1.46. The predicted octanol–water partition coefficient (Wildman–Crippen LogP) is -11.8. The van der Waals surface area contributed by atoms with Gasteiger partial charge in [0.2, 0.25) is 0 Å². The number of rotatable bonds is 8. The van der Waals surface area contributed by atoms with Crippen LogP contribution in [0.1, 0.15) is 6.92 Å². The van der Waals surface area contributed by atoms with Crippen LogP contribution in [-0.4, -0.2) is 98.8 Å².